The Bertz CT molecular complexity index is 309. The summed E-state index contributed by atoms with van der Waals surface area (Å²) in [6.45, 7) is 7.96. The normalized spacial score (nSPS) is 12.8. The molecule has 0 aliphatic carbocycles. The van der Waals surface area contributed by atoms with E-state index in [-0.39, 0.29) is 12.6 Å². The van der Waals surface area contributed by atoms with E-state index in [1.807, 2.05) is 31.2 Å². The summed E-state index contributed by atoms with van der Waals surface area (Å²) in [6, 6.07) is 7.89. The molecule has 1 rings (SSSR count). The third-order valence-corrected chi connectivity index (χ3v) is 2.55. The second-order valence-corrected chi connectivity index (χ2v) is 4.54. The second kappa shape index (κ2) is 7.30. The molecule has 0 radical (unpaired) electrons. The van der Waals surface area contributed by atoms with Crippen molar-refractivity contribution >= 4 is 0 Å². The molecule has 17 heavy (non-hydrogen) atoms. The minimum atomic E-state index is 0.00748. The third kappa shape index (κ3) is 4.75. The van der Waals surface area contributed by atoms with E-state index < -0.39 is 0 Å². The van der Waals surface area contributed by atoms with Gasteiger partial charge in [-0.3, -0.25) is 0 Å². The van der Waals surface area contributed by atoms with E-state index in [1.54, 1.807) is 0 Å². The van der Waals surface area contributed by atoms with E-state index in [0.29, 0.717) is 12.5 Å². The summed E-state index contributed by atoms with van der Waals surface area (Å²) < 4.78 is 5.39. The molecule has 0 amide bonds. The van der Waals surface area contributed by atoms with Crippen LogP contribution in [0.4, 0.5) is 0 Å². The number of hydrogen-bond donors (Lipinski definition) is 2. The summed E-state index contributed by atoms with van der Waals surface area (Å²) in [7, 11) is 0. The van der Waals surface area contributed by atoms with Gasteiger partial charge in [0.1, 0.15) is 5.75 Å². The van der Waals surface area contributed by atoms with E-state index >= 15 is 0 Å². The average Bonchev–Trinajstić information content (AvgIpc) is 2.32. The number of benzene rings is 1. The van der Waals surface area contributed by atoms with Crippen molar-refractivity contribution in [2.24, 2.45) is 5.92 Å². The minimum Gasteiger partial charge on any atom is -0.494 e. The Morgan fingerprint density at radius 2 is 1.88 bits per heavy atom. The smallest absolute Gasteiger partial charge is 0.119 e. The zero-order valence-corrected chi connectivity index (χ0v) is 10.9. The predicted octanol–water partition coefficient (Wildman–Crippen LogP) is 2.36. The topological polar surface area (TPSA) is 41.5 Å². The molecule has 0 spiro atoms. The van der Waals surface area contributed by atoms with Gasteiger partial charge in [-0.25, -0.2) is 0 Å². The monoisotopic (exact) mass is 237 g/mol. The highest BCUT2D eigenvalue weighted by atomic mass is 16.5. The molecular weight excluding hydrogens is 214 g/mol. The molecule has 0 heterocycles. The van der Waals surface area contributed by atoms with Gasteiger partial charge in [0.05, 0.1) is 19.3 Å². The summed E-state index contributed by atoms with van der Waals surface area (Å²) in [4.78, 5) is 0. The summed E-state index contributed by atoms with van der Waals surface area (Å²) in [5.41, 5.74) is 1.09. The minimum absolute atomic E-state index is 0.00748. The highest BCUT2D eigenvalue weighted by molar-refractivity contribution is 5.29. The number of rotatable bonds is 7. The standard InChI is InChI=1S/C14H23NO2/c1-4-17-13-7-5-12(6-8-13)14(10-16)15-9-11(2)3/h5-8,11,14-16H,4,9-10H2,1-3H3. The first kappa shape index (κ1) is 14.0. The lowest BCUT2D eigenvalue weighted by Crippen LogP contribution is -2.27. The molecule has 2 N–H and O–H groups in total. The Hall–Kier alpha value is -1.06. The van der Waals surface area contributed by atoms with Crippen molar-refractivity contribution in [3.05, 3.63) is 29.8 Å². The largest absolute Gasteiger partial charge is 0.494 e. The average molecular weight is 237 g/mol. The summed E-state index contributed by atoms with van der Waals surface area (Å²) in [5, 5.41) is 12.7. The Morgan fingerprint density at radius 1 is 1.24 bits per heavy atom. The lowest BCUT2D eigenvalue weighted by Gasteiger charge is -2.18. The van der Waals surface area contributed by atoms with Gasteiger partial charge >= 0.3 is 0 Å². The number of hydrogen-bond acceptors (Lipinski definition) is 3. The Morgan fingerprint density at radius 3 is 2.35 bits per heavy atom. The van der Waals surface area contributed by atoms with Crippen LogP contribution in [0.3, 0.4) is 0 Å². The molecule has 1 unspecified atom stereocenters. The van der Waals surface area contributed by atoms with E-state index in [9.17, 15) is 5.11 Å². The Balaban J connectivity index is 2.61. The van der Waals surface area contributed by atoms with Crippen molar-refractivity contribution in [2.45, 2.75) is 26.8 Å². The highest BCUT2D eigenvalue weighted by Gasteiger charge is 2.10. The number of aliphatic hydroxyl groups excluding tert-OH is 1. The zero-order valence-electron chi connectivity index (χ0n) is 10.9. The molecule has 1 aromatic carbocycles. The maximum atomic E-state index is 9.37. The van der Waals surface area contributed by atoms with Crippen LogP contribution in [0.15, 0.2) is 24.3 Å². The Labute approximate surface area is 104 Å². The van der Waals surface area contributed by atoms with E-state index in [0.717, 1.165) is 17.9 Å². The van der Waals surface area contributed by atoms with Crippen LogP contribution < -0.4 is 10.1 Å². The summed E-state index contributed by atoms with van der Waals surface area (Å²) in [5.74, 6) is 1.45. The third-order valence-electron chi connectivity index (χ3n) is 2.55. The maximum absolute atomic E-state index is 9.37. The molecule has 0 bridgehead atoms. The fraction of sp³-hybridized carbons (Fsp3) is 0.571. The van der Waals surface area contributed by atoms with Crippen LogP contribution in [-0.2, 0) is 0 Å². The van der Waals surface area contributed by atoms with Crippen LogP contribution in [0.2, 0.25) is 0 Å². The molecule has 3 nitrogen and oxygen atoms in total. The van der Waals surface area contributed by atoms with Crippen molar-refractivity contribution in [2.75, 3.05) is 19.8 Å². The first-order valence-electron chi connectivity index (χ1n) is 6.24. The SMILES string of the molecule is CCOc1ccc(C(CO)NCC(C)C)cc1. The lowest BCUT2D eigenvalue weighted by molar-refractivity contribution is 0.241. The van der Waals surface area contributed by atoms with Crippen LogP contribution in [0.1, 0.15) is 32.4 Å². The Kier molecular flexibility index (Phi) is 6.01. The van der Waals surface area contributed by atoms with Gasteiger partial charge in [-0.2, -0.15) is 0 Å². The number of nitrogens with one attached hydrogen (secondary N) is 1. The van der Waals surface area contributed by atoms with Gasteiger partial charge < -0.3 is 15.2 Å². The fourth-order valence-corrected chi connectivity index (χ4v) is 1.63. The fourth-order valence-electron chi connectivity index (χ4n) is 1.63. The number of ether oxygens (including phenoxy) is 1. The van der Waals surface area contributed by atoms with Crippen LogP contribution in [0, 0.1) is 5.92 Å². The molecule has 3 heteroatoms. The lowest BCUT2D eigenvalue weighted by atomic mass is 10.1. The number of aliphatic hydroxyl groups is 1. The van der Waals surface area contributed by atoms with Crippen molar-refractivity contribution in [1.29, 1.82) is 0 Å². The first-order valence-corrected chi connectivity index (χ1v) is 6.24. The molecule has 1 atom stereocenters. The molecule has 96 valence electrons. The van der Waals surface area contributed by atoms with Gasteiger partial charge in [0.15, 0.2) is 0 Å². The predicted molar refractivity (Wildman–Crippen MR) is 70.3 cm³/mol. The molecular formula is C14H23NO2. The van der Waals surface area contributed by atoms with E-state index in [1.165, 1.54) is 0 Å². The molecule has 0 fully saturated rings. The van der Waals surface area contributed by atoms with E-state index in [2.05, 4.69) is 19.2 Å². The molecule has 0 aliphatic rings. The van der Waals surface area contributed by atoms with Gasteiger partial charge in [-0.15, -0.1) is 0 Å². The van der Waals surface area contributed by atoms with Gasteiger partial charge in [0.2, 0.25) is 0 Å². The second-order valence-electron chi connectivity index (χ2n) is 4.54. The van der Waals surface area contributed by atoms with Crippen molar-refractivity contribution in [1.82, 2.24) is 5.32 Å². The molecule has 1 aromatic rings. The zero-order chi connectivity index (χ0) is 12.7. The summed E-state index contributed by atoms with van der Waals surface area (Å²) in [6.07, 6.45) is 0. The first-order chi connectivity index (χ1) is 8.17. The molecule has 0 saturated carbocycles. The molecule has 0 saturated heterocycles. The van der Waals surface area contributed by atoms with Crippen molar-refractivity contribution < 1.29 is 9.84 Å². The van der Waals surface area contributed by atoms with Gasteiger partial charge in [-0.1, -0.05) is 26.0 Å². The maximum Gasteiger partial charge on any atom is 0.119 e. The van der Waals surface area contributed by atoms with Crippen molar-refractivity contribution in [3.63, 3.8) is 0 Å². The van der Waals surface area contributed by atoms with Gasteiger partial charge in [0, 0.05) is 0 Å². The van der Waals surface area contributed by atoms with Crippen LogP contribution >= 0.6 is 0 Å². The quantitative estimate of drug-likeness (QED) is 0.765. The van der Waals surface area contributed by atoms with Crippen LogP contribution in [0.5, 0.6) is 5.75 Å². The van der Waals surface area contributed by atoms with Gasteiger partial charge in [-0.05, 0) is 37.1 Å². The molecule has 0 aliphatic heterocycles. The van der Waals surface area contributed by atoms with Crippen LogP contribution in [-0.4, -0.2) is 24.9 Å². The van der Waals surface area contributed by atoms with Crippen LogP contribution in [0.25, 0.3) is 0 Å². The van der Waals surface area contributed by atoms with Crippen molar-refractivity contribution in [3.8, 4) is 5.75 Å². The van der Waals surface area contributed by atoms with E-state index in [4.69, 9.17) is 4.74 Å². The molecule has 0 aromatic heterocycles. The summed E-state index contributed by atoms with van der Waals surface area (Å²) >= 11 is 0. The van der Waals surface area contributed by atoms with Gasteiger partial charge in [0.25, 0.3) is 0 Å². The highest BCUT2D eigenvalue weighted by Crippen LogP contribution is 2.17.